The second kappa shape index (κ2) is 3.71. The number of rotatable bonds is 0. The summed E-state index contributed by atoms with van der Waals surface area (Å²) in [6.07, 6.45) is 0. The maximum absolute atomic E-state index is 11.6. The summed E-state index contributed by atoms with van der Waals surface area (Å²) in [7, 11) is 0. The zero-order chi connectivity index (χ0) is 12.2. The molecule has 1 unspecified atom stereocenters. The lowest BCUT2D eigenvalue weighted by Gasteiger charge is -2.26. The number of amides is 1. The number of nitrogens with one attached hydrogen (secondary N) is 1. The van der Waals surface area contributed by atoms with Crippen LogP contribution < -0.4 is 5.32 Å². The van der Waals surface area contributed by atoms with E-state index in [1.54, 1.807) is 0 Å². The quantitative estimate of drug-likeness (QED) is 0.799. The van der Waals surface area contributed by atoms with Crippen molar-refractivity contribution in [3.8, 4) is 0 Å². The molecule has 1 saturated heterocycles. The van der Waals surface area contributed by atoms with Gasteiger partial charge in [0.2, 0.25) is 11.9 Å². The van der Waals surface area contributed by atoms with E-state index in [1.165, 1.54) is 0 Å². The van der Waals surface area contributed by atoms with Crippen LogP contribution in [0.25, 0.3) is 0 Å². The molecule has 6 heteroatoms. The van der Waals surface area contributed by atoms with Crippen LogP contribution in [0.1, 0.15) is 12.5 Å². The zero-order valence-corrected chi connectivity index (χ0v) is 11.3. The standard InChI is InChI=1S/C11H9BrClN3O/c1-5-10(17)15-11-14-8-3-2-7(12)9(13)6(8)4-16(5)11/h2-3,5H,4H2,1H3,(H,14,15,17). The molecule has 17 heavy (non-hydrogen) atoms. The molecule has 0 aromatic heterocycles. The van der Waals surface area contributed by atoms with Crippen LogP contribution in [-0.2, 0) is 11.3 Å². The van der Waals surface area contributed by atoms with Gasteiger partial charge in [0.15, 0.2) is 0 Å². The average Bonchev–Trinajstić information content (AvgIpc) is 2.58. The molecule has 0 bridgehead atoms. The van der Waals surface area contributed by atoms with Gasteiger partial charge in [0.25, 0.3) is 0 Å². The van der Waals surface area contributed by atoms with Crippen LogP contribution in [0.5, 0.6) is 0 Å². The smallest absolute Gasteiger partial charge is 0.249 e. The van der Waals surface area contributed by atoms with E-state index in [-0.39, 0.29) is 11.9 Å². The topological polar surface area (TPSA) is 44.7 Å². The van der Waals surface area contributed by atoms with Gasteiger partial charge >= 0.3 is 0 Å². The van der Waals surface area contributed by atoms with Crippen LogP contribution >= 0.6 is 27.5 Å². The Bertz CT molecular complexity index is 558. The Morgan fingerprint density at radius 1 is 1.59 bits per heavy atom. The predicted octanol–water partition coefficient (Wildman–Crippen LogP) is 2.42. The van der Waals surface area contributed by atoms with Crippen LogP contribution in [0.2, 0.25) is 5.02 Å². The largest absolute Gasteiger partial charge is 0.326 e. The second-order valence-corrected chi connectivity index (χ2v) is 5.32. The molecule has 0 aliphatic carbocycles. The number of carbonyl (C=O) groups excluding carboxylic acids is 1. The van der Waals surface area contributed by atoms with Crippen LogP contribution in [0, 0.1) is 0 Å². The molecule has 88 valence electrons. The molecule has 1 N–H and O–H groups in total. The molecule has 0 spiro atoms. The van der Waals surface area contributed by atoms with Crippen LogP contribution in [0.15, 0.2) is 21.6 Å². The minimum Gasteiger partial charge on any atom is -0.326 e. The molecule has 2 heterocycles. The average molecular weight is 315 g/mol. The van der Waals surface area contributed by atoms with Crippen molar-refractivity contribution in [1.29, 1.82) is 0 Å². The fourth-order valence-corrected chi connectivity index (χ4v) is 2.63. The summed E-state index contributed by atoms with van der Waals surface area (Å²) < 4.78 is 0.850. The van der Waals surface area contributed by atoms with Crippen molar-refractivity contribution in [2.75, 3.05) is 0 Å². The first-order valence-corrected chi connectivity index (χ1v) is 6.38. The molecular formula is C11H9BrClN3O. The van der Waals surface area contributed by atoms with Gasteiger partial charge in [-0.15, -0.1) is 0 Å². The number of hydrogen-bond acceptors (Lipinski definition) is 3. The van der Waals surface area contributed by atoms with Crippen molar-refractivity contribution in [3.05, 3.63) is 27.2 Å². The highest BCUT2D eigenvalue weighted by Crippen LogP contribution is 2.37. The highest BCUT2D eigenvalue weighted by atomic mass is 79.9. The minimum atomic E-state index is -0.197. The molecule has 0 saturated carbocycles. The Morgan fingerprint density at radius 3 is 3.12 bits per heavy atom. The molecule has 2 aliphatic heterocycles. The van der Waals surface area contributed by atoms with Gasteiger partial charge in [-0.25, -0.2) is 4.99 Å². The van der Waals surface area contributed by atoms with E-state index in [1.807, 2.05) is 24.0 Å². The summed E-state index contributed by atoms with van der Waals surface area (Å²) >= 11 is 9.63. The number of guanidine groups is 1. The second-order valence-electron chi connectivity index (χ2n) is 4.09. The Hall–Kier alpha value is -1.07. The minimum absolute atomic E-state index is 0.0215. The van der Waals surface area contributed by atoms with E-state index >= 15 is 0 Å². The summed E-state index contributed by atoms with van der Waals surface area (Å²) in [5.74, 6) is 0.597. The number of aliphatic imine (C=N–C) groups is 1. The summed E-state index contributed by atoms with van der Waals surface area (Å²) in [6, 6.07) is 3.56. The van der Waals surface area contributed by atoms with E-state index in [0.29, 0.717) is 17.5 Å². The van der Waals surface area contributed by atoms with Gasteiger partial charge in [0, 0.05) is 10.0 Å². The molecule has 3 rings (SSSR count). The van der Waals surface area contributed by atoms with E-state index in [2.05, 4.69) is 26.2 Å². The molecule has 1 atom stereocenters. The first-order valence-electron chi connectivity index (χ1n) is 5.21. The lowest BCUT2D eigenvalue weighted by molar-refractivity contribution is -0.121. The normalized spacial score (nSPS) is 21.8. The lowest BCUT2D eigenvalue weighted by Crippen LogP contribution is -2.35. The Labute approximate surface area is 112 Å². The van der Waals surface area contributed by atoms with E-state index < -0.39 is 0 Å². The predicted molar refractivity (Wildman–Crippen MR) is 69.4 cm³/mol. The monoisotopic (exact) mass is 313 g/mol. The van der Waals surface area contributed by atoms with E-state index in [9.17, 15) is 4.79 Å². The van der Waals surface area contributed by atoms with Crippen LogP contribution in [0.4, 0.5) is 5.69 Å². The molecular weight excluding hydrogens is 305 g/mol. The van der Waals surface area contributed by atoms with Crippen molar-refractivity contribution >= 4 is 45.1 Å². The number of hydrogen-bond donors (Lipinski definition) is 1. The number of fused-ring (bicyclic) bond motifs is 2. The van der Waals surface area contributed by atoms with Gasteiger partial charge in [-0.3, -0.25) is 10.1 Å². The van der Waals surface area contributed by atoms with Crippen molar-refractivity contribution in [2.24, 2.45) is 4.99 Å². The van der Waals surface area contributed by atoms with E-state index in [4.69, 9.17) is 11.6 Å². The molecule has 2 aliphatic rings. The molecule has 1 aromatic carbocycles. The van der Waals surface area contributed by atoms with Gasteiger partial charge in [0.1, 0.15) is 6.04 Å². The van der Waals surface area contributed by atoms with Gasteiger partial charge < -0.3 is 4.90 Å². The van der Waals surface area contributed by atoms with Crippen LogP contribution in [0.3, 0.4) is 0 Å². The number of carbonyl (C=O) groups is 1. The molecule has 0 radical (unpaired) electrons. The van der Waals surface area contributed by atoms with Crippen molar-refractivity contribution < 1.29 is 4.79 Å². The maximum Gasteiger partial charge on any atom is 0.249 e. The number of nitrogens with zero attached hydrogens (tertiary/aromatic N) is 2. The zero-order valence-electron chi connectivity index (χ0n) is 9.00. The van der Waals surface area contributed by atoms with Crippen molar-refractivity contribution in [3.63, 3.8) is 0 Å². The lowest BCUT2D eigenvalue weighted by atomic mass is 10.1. The van der Waals surface area contributed by atoms with Gasteiger partial charge in [-0.1, -0.05) is 11.6 Å². The molecule has 1 amide bonds. The Morgan fingerprint density at radius 2 is 2.35 bits per heavy atom. The number of halogens is 2. The Balaban J connectivity index is 2.12. The Kier molecular flexibility index (Phi) is 2.41. The maximum atomic E-state index is 11.6. The van der Waals surface area contributed by atoms with E-state index in [0.717, 1.165) is 15.7 Å². The first kappa shape index (κ1) is 11.0. The van der Waals surface area contributed by atoms with Crippen LogP contribution in [-0.4, -0.2) is 22.8 Å². The third-order valence-corrected chi connectivity index (χ3v) is 4.40. The fraction of sp³-hybridized carbons (Fsp3) is 0.273. The SMILES string of the molecule is CC1C(=O)NC2=Nc3ccc(Br)c(Cl)c3CN21. The van der Waals surface area contributed by atoms with Crippen molar-refractivity contribution in [2.45, 2.75) is 19.5 Å². The summed E-state index contributed by atoms with van der Waals surface area (Å²) in [5.41, 5.74) is 1.77. The van der Waals surface area contributed by atoms with Gasteiger partial charge in [-0.05, 0) is 35.0 Å². The third-order valence-electron chi connectivity index (χ3n) is 3.08. The summed E-state index contributed by atoms with van der Waals surface area (Å²) in [5, 5.41) is 3.43. The highest BCUT2D eigenvalue weighted by molar-refractivity contribution is 9.10. The first-order chi connectivity index (χ1) is 8.08. The van der Waals surface area contributed by atoms with Gasteiger partial charge in [-0.2, -0.15) is 0 Å². The molecule has 4 nitrogen and oxygen atoms in total. The van der Waals surface area contributed by atoms with Crippen molar-refractivity contribution in [1.82, 2.24) is 10.2 Å². The fourth-order valence-electron chi connectivity index (χ4n) is 2.04. The van der Waals surface area contributed by atoms with Gasteiger partial charge in [0.05, 0.1) is 17.3 Å². The third kappa shape index (κ3) is 1.57. The molecule has 1 aromatic rings. The highest BCUT2D eigenvalue weighted by Gasteiger charge is 2.36. The summed E-state index contributed by atoms with van der Waals surface area (Å²) in [6.45, 7) is 2.46. The summed E-state index contributed by atoms with van der Waals surface area (Å²) in [4.78, 5) is 17.9. The molecule has 1 fully saturated rings. The number of benzene rings is 1.